The number of pyridine rings is 1. The van der Waals surface area contributed by atoms with Gasteiger partial charge in [-0.25, -0.2) is 14.6 Å². The van der Waals surface area contributed by atoms with Gasteiger partial charge in [0, 0.05) is 6.20 Å². The first-order valence-corrected chi connectivity index (χ1v) is 8.54. The first-order valence-electron chi connectivity index (χ1n) is 8.16. The lowest BCUT2D eigenvalue weighted by Gasteiger charge is -2.30. The third-order valence-corrected chi connectivity index (χ3v) is 4.63. The van der Waals surface area contributed by atoms with Crippen LogP contribution in [-0.4, -0.2) is 46.0 Å². The molecule has 138 valence electrons. The number of hydrogen-bond acceptors (Lipinski definition) is 6. The Hall–Kier alpha value is -2.68. The minimum Gasteiger partial charge on any atom is -0.452 e. The summed E-state index contributed by atoms with van der Waals surface area (Å²) in [6.07, 6.45) is 4.98. The second-order valence-corrected chi connectivity index (χ2v) is 6.58. The largest absolute Gasteiger partial charge is 0.452 e. The summed E-state index contributed by atoms with van der Waals surface area (Å²) in [5, 5.41) is 3.54. The van der Waals surface area contributed by atoms with Gasteiger partial charge >= 0.3 is 12.0 Å². The average Bonchev–Trinajstić information content (AvgIpc) is 2.85. The van der Waals surface area contributed by atoms with Gasteiger partial charge in [0.05, 0.1) is 5.56 Å². The summed E-state index contributed by atoms with van der Waals surface area (Å²) in [5.74, 6) is -2.05. The van der Waals surface area contributed by atoms with Crippen LogP contribution in [0, 0.1) is 0 Å². The quantitative estimate of drug-likeness (QED) is 0.460. The molecule has 4 amide bonds. The Morgan fingerprint density at radius 3 is 2.65 bits per heavy atom. The number of urea groups is 1. The lowest BCUT2D eigenvalue weighted by Crippen LogP contribution is -2.51. The molecule has 1 aromatic rings. The molecule has 0 unspecified atom stereocenters. The van der Waals surface area contributed by atoms with Gasteiger partial charge in [-0.1, -0.05) is 30.9 Å². The Morgan fingerprint density at radius 1 is 1.27 bits per heavy atom. The van der Waals surface area contributed by atoms with Crippen molar-refractivity contribution in [3.05, 3.63) is 29.0 Å². The minimum absolute atomic E-state index is 0.123. The van der Waals surface area contributed by atoms with Crippen molar-refractivity contribution < 1.29 is 23.9 Å². The average molecular weight is 381 g/mol. The van der Waals surface area contributed by atoms with Crippen molar-refractivity contribution in [2.45, 2.75) is 37.6 Å². The maximum absolute atomic E-state index is 12.5. The summed E-state index contributed by atoms with van der Waals surface area (Å²) in [4.78, 5) is 52.1. The Balaban J connectivity index is 1.54. The zero-order chi connectivity index (χ0) is 18.7. The third-order valence-electron chi connectivity index (χ3n) is 4.40. The van der Waals surface area contributed by atoms with Crippen LogP contribution in [-0.2, 0) is 14.3 Å². The van der Waals surface area contributed by atoms with E-state index in [-0.39, 0.29) is 10.7 Å². The summed E-state index contributed by atoms with van der Waals surface area (Å²) in [6.45, 7) is -0.647. The normalized spacial score (nSPS) is 18.6. The maximum atomic E-state index is 12.5. The first kappa shape index (κ1) is 18.1. The van der Waals surface area contributed by atoms with E-state index in [1.54, 1.807) is 0 Å². The van der Waals surface area contributed by atoms with E-state index in [9.17, 15) is 19.2 Å². The van der Waals surface area contributed by atoms with Gasteiger partial charge in [-0.3, -0.25) is 15.0 Å². The molecular formula is C16H17ClN4O5. The van der Waals surface area contributed by atoms with Crippen molar-refractivity contribution in [1.82, 2.24) is 20.7 Å². The molecule has 0 aromatic carbocycles. The first-order chi connectivity index (χ1) is 12.4. The van der Waals surface area contributed by atoms with Gasteiger partial charge in [-0.15, -0.1) is 0 Å². The van der Waals surface area contributed by atoms with Gasteiger partial charge in [0.2, 0.25) is 0 Å². The fourth-order valence-corrected chi connectivity index (χ4v) is 3.20. The SMILES string of the molecule is O=C(COC(=O)c1ccc(Cl)nc1)NN1C(=O)NC2(CCCCC2)C1=O. The number of amides is 4. The number of rotatable bonds is 4. The van der Waals surface area contributed by atoms with E-state index in [2.05, 4.69) is 15.7 Å². The molecule has 1 aromatic heterocycles. The van der Waals surface area contributed by atoms with Crippen LogP contribution in [0.15, 0.2) is 18.3 Å². The zero-order valence-electron chi connectivity index (χ0n) is 13.8. The van der Waals surface area contributed by atoms with Gasteiger partial charge in [-0.05, 0) is 25.0 Å². The molecule has 1 aliphatic carbocycles. The molecule has 2 heterocycles. The van der Waals surface area contributed by atoms with Crippen LogP contribution in [0.25, 0.3) is 0 Å². The second kappa shape index (κ2) is 7.28. The molecule has 0 bridgehead atoms. The fourth-order valence-electron chi connectivity index (χ4n) is 3.08. The van der Waals surface area contributed by atoms with Crippen molar-refractivity contribution >= 4 is 35.4 Å². The van der Waals surface area contributed by atoms with Gasteiger partial charge in [0.1, 0.15) is 10.7 Å². The number of imide groups is 1. The van der Waals surface area contributed by atoms with Gasteiger partial charge in [-0.2, -0.15) is 5.01 Å². The molecule has 1 aliphatic heterocycles. The standard InChI is InChI=1S/C16H17ClN4O5/c17-11-5-4-10(8-18-11)13(23)26-9-12(22)20-21-14(24)16(19-15(21)25)6-2-1-3-7-16/h4-5,8H,1-3,6-7,9H2,(H,19,25)(H,20,22). The number of halogens is 1. The van der Waals surface area contributed by atoms with E-state index < -0.39 is 36.0 Å². The maximum Gasteiger partial charge on any atom is 0.344 e. The summed E-state index contributed by atoms with van der Waals surface area (Å²) < 4.78 is 4.84. The van der Waals surface area contributed by atoms with Gasteiger partial charge in [0.25, 0.3) is 11.8 Å². The molecule has 26 heavy (non-hydrogen) atoms. The van der Waals surface area contributed by atoms with Crippen LogP contribution in [0.2, 0.25) is 5.15 Å². The number of ether oxygens (including phenoxy) is 1. The molecule has 10 heteroatoms. The van der Waals surface area contributed by atoms with Crippen molar-refractivity contribution in [2.24, 2.45) is 0 Å². The van der Waals surface area contributed by atoms with E-state index in [0.29, 0.717) is 17.9 Å². The van der Waals surface area contributed by atoms with E-state index >= 15 is 0 Å². The Morgan fingerprint density at radius 2 is 2.00 bits per heavy atom. The van der Waals surface area contributed by atoms with Crippen LogP contribution in [0.1, 0.15) is 42.5 Å². The number of nitrogens with one attached hydrogen (secondary N) is 2. The van der Waals surface area contributed by atoms with Gasteiger partial charge < -0.3 is 10.1 Å². The number of esters is 1. The van der Waals surface area contributed by atoms with Crippen molar-refractivity contribution in [1.29, 1.82) is 0 Å². The Bertz CT molecular complexity index is 746. The van der Waals surface area contributed by atoms with Crippen molar-refractivity contribution in [2.75, 3.05) is 6.61 Å². The topological polar surface area (TPSA) is 118 Å². The molecule has 3 rings (SSSR count). The molecule has 0 radical (unpaired) electrons. The molecule has 2 fully saturated rings. The fraction of sp³-hybridized carbons (Fsp3) is 0.438. The molecule has 1 saturated heterocycles. The monoisotopic (exact) mass is 380 g/mol. The molecule has 1 saturated carbocycles. The third kappa shape index (κ3) is 3.62. The van der Waals surface area contributed by atoms with E-state index in [1.165, 1.54) is 18.3 Å². The van der Waals surface area contributed by atoms with Crippen LogP contribution >= 0.6 is 11.6 Å². The number of carbonyl (C=O) groups is 4. The second-order valence-electron chi connectivity index (χ2n) is 6.19. The summed E-state index contributed by atoms with van der Waals surface area (Å²) in [6, 6.07) is 2.13. The van der Waals surface area contributed by atoms with Crippen molar-refractivity contribution in [3.63, 3.8) is 0 Å². The van der Waals surface area contributed by atoms with Crippen LogP contribution in [0.3, 0.4) is 0 Å². The lowest BCUT2D eigenvalue weighted by atomic mass is 9.82. The van der Waals surface area contributed by atoms with Crippen LogP contribution < -0.4 is 10.7 Å². The summed E-state index contributed by atoms with van der Waals surface area (Å²) in [7, 11) is 0. The number of nitrogens with zero attached hydrogens (tertiary/aromatic N) is 2. The molecule has 9 nitrogen and oxygen atoms in total. The van der Waals surface area contributed by atoms with Crippen LogP contribution in [0.5, 0.6) is 0 Å². The molecule has 1 spiro atoms. The number of carbonyl (C=O) groups excluding carboxylic acids is 4. The predicted molar refractivity (Wildman–Crippen MR) is 88.9 cm³/mol. The zero-order valence-corrected chi connectivity index (χ0v) is 14.5. The molecular weight excluding hydrogens is 364 g/mol. The minimum atomic E-state index is -0.936. The highest BCUT2D eigenvalue weighted by atomic mass is 35.5. The van der Waals surface area contributed by atoms with E-state index in [0.717, 1.165) is 19.3 Å². The Labute approximate surface area is 154 Å². The highest BCUT2D eigenvalue weighted by molar-refractivity contribution is 6.29. The Kier molecular flexibility index (Phi) is 5.08. The smallest absolute Gasteiger partial charge is 0.344 e. The van der Waals surface area contributed by atoms with Crippen molar-refractivity contribution in [3.8, 4) is 0 Å². The highest BCUT2D eigenvalue weighted by Crippen LogP contribution is 2.32. The number of aromatic nitrogens is 1. The summed E-state index contributed by atoms with van der Waals surface area (Å²) >= 11 is 5.63. The molecule has 2 N–H and O–H groups in total. The molecule has 2 aliphatic rings. The number of hydrazine groups is 1. The molecule has 0 atom stereocenters. The summed E-state index contributed by atoms with van der Waals surface area (Å²) in [5.41, 5.74) is 1.37. The highest BCUT2D eigenvalue weighted by Gasteiger charge is 2.52. The lowest BCUT2D eigenvalue weighted by molar-refractivity contribution is -0.140. The number of hydrogen-bond donors (Lipinski definition) is 2. The predicted octanol–water partition coefficient (Wildman–Crippen LogP) is 1.18. The van der Waals surface area contributed by atoms with E-state index in [1.807, 2.05) is 0 Å². The van der Waals surface area contributed by atoms with E-state index in [4.69, 9.17) is 16.3 Å². The van der Waals surface area contributed by atoms with Crippen LogP contribution in [0.4, 0.5) is 4.79 Å². The van der Waals surface area contributed by atoms with Gasteiger partial charge in [0.15, 0.2) is 6.61 Å².